The Morgan fingerprint density at radius 1 is 1.37 bits per heavy atom. The molecule has 1 aliphatic carbocycles. The molecule has 19 heavy (non-hydrogen) atoms. The van der Waals surface area contributed by atoms with Crippen molar-refractivity contribution in [1.82, 2.24) is 10.2 Å². The van der Waals surface area contributed by atoms with Crippen LogP contribution in [0.25, 0.3) is 0 Å². The second kappa shape index (κ2) is 6.58. The van der Waals surface area contributed by atoms with Gasteiger partial charge in [-0.2, -0.15) is 0 Å². The minimum Gasteiger partial charge on any atom is -0.465 e. The van der Waals surface area contributed by atoms with Crippen molar-refractivity contribution in [1.29, 1.82) is 0 Å². The fraction of sp³-hybridized carbons (Fsp3) is 0.750. The first-order valence-corrected chi connectivity index (χ1v) is 7.58. The monoisotopic (exact) mass is 264 g/mol. The summed E-state index contributed by atoms with van der Waals surface area (Å²) in [6.07, 6.45) is 5.50. The lowest BCUT2D eigenvalue weighted by molar-refractivity contribution is 0.236. The SMILES string of the molecule is Cc1oc(CNC(C)C)cc1CN(C)C1CCCC1. The maximum atomic E-state index is 5.84. The molecule has 0 unspecified atom stereocenters. The highest BCUT2D eigenvalue weighted by molar-refractivity contribution is 5.20. The van der Waals surface area contributed by atoms with Crippen LogP contribution < -0.4 is 5.32 Å². The fourth-order valence-corrected chi connectivity index (χ4v) is 2.88. The van der Waals surface area contributed by atoms with Crippen molar-refractivity contribution >= 4 is 0 Å². The van der Waals surface area contributed by atoms with E-state index >= 15 is 0 Å². The number of aryl methyl sites for hydroxylation is 1. The topological polar surface area (TPSA) is 28.4 Å². The zero-order chi connectivity index (χ0) is 13.8. The van der Waals surface area contributed by atoms with Crippen LogP contribution in [0.3, 0.4) is 0 Å². The van der Waals surface area contributed by atoms with Crippen LogP contribution in [0.2, 0.25) is 0 Å². The van der Waals surface area contributed by atoms with Gasteiger partial charge in [0.15, 0.2) is 0 Å². The molecule has 2 rings (SSSR count). The highest BCUT2D eigenvalue weighted by Crippen LogP contribution is 2.25. The van der Waals surface area contributed by atoms with Crippen LogP contribution in [0.15, 0.2) is 10.5 Å². The van der Waals surface area contributed by atoms with E-state index in [0.717, 1.165) is 30.7 Å². The number of nitrogens with one attached hydrogen (secondary N) is 1. The summed E-state index contributed by atoms with van der Waals surface area (Å²) < 4.78 is 5.84. The van der Waals surface area contributed by atoms with Crippen LogP contribution in [0, 0.1) is 6.92 Å². The van der Waals surface area contributed by atoms with Gasteiger partial charge in [0.25, 0.3) is 0 Å². The van der Waals surface area contributed by atoms with Gasteiger partial charge in [-0.3, -0.25) is 4.90 Å². The molecule has 1 heterocycles. The van der Waals surface area contributed by atoms with Gasteiger partial charge in [0.05, 0.1) is 6.54 Å². The van der Waals surface area contributed by atoms with Crippen LogP contribution >= 0.6 is 0 Å². The molecule has 1 aromatic rings. The van der Waals surface area contributed by atoms with E-state index in [2.05, 4.69) is 44.1 Å². The van der Waals surface area contributed by atoms with E-state index in [9.17, 15) is 0 Å². The first-order chi connectivity index (χ1) is 9.06. The number of hydrogen-bond acceptors (Lipinski definition) is 3. The van der Waals surface area contributed by atoms with E-state index in [1.165, 1.54) is 31.2 Å². The van der Waals surface area contributed by atoms with Gasteiger partial charge in [-0.05, 0) is 32.9 Å². The first kappa shape index (κ1) is 14.6. The molecule has 0 saturated heterocycles. The van der Waals surface area contributed by atoms with Gasteiger partial charge in [-0.15, -0.1) is 0 Å². The van der Waals surface area contributed by atoms with E-state index in [0.29, 0.717) is 6.04 Å². The Labute approximate surface area is 117 Å². The van der Waals surface area contributed by atoms with Gasteiger partial charge < -0.3 is 9.73 Å². The molecule has 108 valence electrons. The minimum absolute atomic E-state index is 0.495. The van der Waals surface area contributed by atoms with Crippen molar-refractivity contribution in [3.8, 4) is 0 Å². The normalized spacial score (nSPS) is 16.9. The molecular weight excluding hydrogens is 236 g/mol. The molecule has 1 aliphatic rings. The van der Waals surface area contributed by atoms with Gasteiger partial charge in [-0.1, -0.05) is 26.7 Å². The molecule has 0 atom stereocenters. The average Bonchev–Trinajstić information content (AvgIpc) is 2.97. The molecule has 0 aromatic carbocycles. The Kier molecular flexibility index (Phi) is 5.06. The molecule has 1 saturated carbocycles. The summed E-state index contributed by atoms with van der Waals surface area (Å²) in [7, 11) is 2.24. The predicted octanol–water partition coefficient (Wildman–Crippen LogP) is 3.46. The number of hydrogen-bond donors (Lipinski definition) is 1. The van der Waals surface area contributed by atoms with Gasteiger partial charge >= 0.3 is 0 Å². The maximum absolute atomic E-state index is 5.84. The zero-order valence-corrected chi connectivity index (χ0v) is 12.8. The molecule has 0 amide bonds. The summed E-state index contributed by atoms with van der Waals surface area (Å²) in [5.74, 6) is 2.13. The van der Waals surface area contributed by atoms with E-state index < -0.39 is 0 Å². The standard InChI is InChI=1S/C16H28N2O/c1-12(2)17-10-16-9-14(13(3)19-16)11-18(4)15-7-5-6-8-15/h9,12,15,17H,5-8,10-11H2,1-4H3. The molecule has 1 aromatic heterocycles. The highest BCUT2D eigenvalue weighted by atomic mass is 16.3. The molecule has 3 heteroatoms. The maximum Gasteiger partial charge on any atom is 0.118 e. The second-order valence-electron chi connectivity index (χ2n) is 6.18. The molecule has 1 fully saturated rings. The van der Waals surface area contributed by atoms with Crippen molar-refractivity contribution in [3.05, 3.63) is 23.2 Å². The molecule has 1 N–H and O–H groups in total. The van der Waals surface area contributed by atoms with E-state index in [4.69, 9.17) is 4.42 Å². The lowest BCUT2D eigenvalue weighted by Gasteiger charge is -2.23. The van der Waals surface area contributed by atoms with E-state index in [1.807, 2.05) is 0 Å². The average molecular weight is 264 g/mol. The van der Waals surface area contributed by atoms with Gasteiger partial charge in [-0.25, -0.2) is 0 Å². The van der Waals surface area contributed by atoms with Crippen molar-refractivity contribution in [3.63, 3.8) is 0 Å². The van der Waals surface area contributed by atoms with Crippen molar-refractivity contribution in [2.24, 2.45) is 0 Å². The molecule has 0 spiro atoms. The summed E-state index contributed by atoms with van der Waals surface area (Å²) in [6, 6.07) is 3.48. The molecule has 0 aliphatic heterocycles. The summed E-state index contributed by atoms with van der Waals surface area (Å²) in [5, 5.41) is 3.40. The van der Waals surface area contributed by atoms with Crippen molar-refractivity contribution in [2.75, 3.05) is 7.05 Å². The van der Waals surface area contributed by atoms with Gasteiger partial charge in [0.2, 0.25) is 0 Å². The Balaban J connectivity index is 1.92. The van der Waals surface area contributed by atoms with Gasteiger partial charge in [0.1, 0.15) is 11.5 Å². The van der Waals surface area contributed by atoms with Gasteiger partial charge in [0, 0.05) is 24.2 Å². The van der Waals surface area contributed by atoms with Crippen LogP contribution in [-0.4, -0.2) is 24.0 Å². The van der Waals surface area contributed by atoms with Crippen molar-refractivity contribution in [2.45, 2.75) is 71.6 Å². The molecule has 3 nitrogen and oxygen atoms in total. The third kappa shape index (κ3) is 4.08. The van der Waals surface area contributed by atoms with Crippen LogP contribution in [0.5, 0.6) is 0 Å². The molecule has 0 radical (unpaired) electrons. The molecular formula is C16H28N2O. The second-order valence-corrected chi connectivity index (χ2v) is 6.18. The quantitative estimate of drug-likeness (QED) is 0.853. The smallest absolute Gasteiger partial charge is 0.118 e. The third-order valence-electron chi connectivity index (χ3n) is 4.12. The van der Waals surface area contributed by atoms with E-state index in [-0.39, 0.29) is 0 Å². The van der Waals surface area contributed by atoms with Crippen LogP contribution in [-0.2, 0) is 13.1 Å². The first-order valence-electron chi connectivity index (χ1n) is 7.58. The summed E-state index contributed by atoms with van der Waals surface area (Å²) in [5.41, 5.74) is 1.34. The summed E-state index contributed by atoms with van der Waals surface area (Å²) >= 11 is 0. The lowest BCUT2D eigenvalue weighted by atomic mass is 10.1. The van der Waals surface area contributed by atoms with Crippen LogP contribution in [0.1, 0.15) is 56.6 Å². The Morgan fingerprint density at radius 3 is 2.68 bits per heavy atom. The number of furan rings is 1. The Hall–Kier alpha value is -0.800. The number of rotatable bonds is 6. The Morgan fingerprint density at radius 2 is 2.05 bits per heavy atom. The summed E-state index contributed by atoms with van der Waals surface area (Å²) in [4.78, 5) is 2.49. The van der Waals surface area contributed by atoms with Crippen molar-refractivity contribution < 1.29 is 4.42 Å². The number of nitrogens with zero attached hydrogens (tertiary/aromatic N) is 1. The third-order valence-corrected chi connectivity index (χ3v) is 4.12. The lowest BCUT2D eigenvalue weighted by Crippen LogP contribution is -2.28. The highest BCUT2D eigenvalue weighted by Gasteiger charge is 2.20. The fourth-order valence-electron chi connectivity index (χ4n) is 2.88. The predicted molar refractivity (Wildman–Crippen MR) is 79.1 cm³/mol. The van der Waals surface area contributed by atoms with Crippen LogP contribution in [0.4, 0.5) is 0 Å². The largest absolute Gasteiger partial charge is 0.465 e. The van der Waals surface area contributed by atoms with E-state index in [1.54, 1.807) is 0 Å². The Bertz CT molecular complexity index is 391. The summed E-state index contributed by atoms with van der Waals surface area (Å²) in [6.45, 7) is 8.24. The molecule has 0 bridgehead atoms. The zero-order valence-electron chi connectivity index (χ0n) is 12.8. The minimum atomic E-state index is 0.495.